The minimum absolute atomic E-state index is 0.187. The minimum Gasteiger partial charge on any atom is -0.365 e. The molecule has 2 aromatic rings. The van der Waals surface area contributed by atoms with E-state index in [1.165, 1.54) is 0 Å². The fourth-order valence-electron chi connectivity index (χ4n) is 3.96. The van der Waals surface area contributed by atoms with E-state index in [2.05, 4.69) is 36.7 Å². The number of anilines is 3. The zero-order valence-electron chi connectivity index (χ0n) is 17.8. The number of carbonyl (C=O) groups is 2. The Morgan fingerprint density at radius 1 is 1.26 bits per heavy atom. The number of carbonyl (C=O) groups excluding carboxylic acids is 2. The van der Waals surface area contributed by atoms with Crippen LogP contribution in [0.2, 0.25) is 0 Å². The molecule has 0 spiro atoms. The normalized spacial score (nSPS) is 19.4. The zero-order chi connectivity index (χ0) is 22.2. The van der Waals surface area contributed by atoms with E-state index < -0.39 is 17.1 Å². The van der Waals surface area contributed by atoms with Gasteiger partial charge < -0.3 is 10.2 Å². The van der Waals surface area contributed by atoms with E-state index in [0.29, 0.717) is 24.6 Å². The zero-order valence-corrected chi connectivity index (χ0v) is 17.8. The molecule has 9 nitrogen and oxygen atoms in total. The van der Waals surface area contributed by atoms with E-state index in [-0.39, 0.29) is 11.7 Å². The molecule has 1 saturated heterocycles. The number of fused-ring (bicyclic) bond motifs is 4. The van der Waals surface area contributed by atoms with E-state index in [4.69, 9.17) is 6.42 Å². The molecule has 4 heterocycles. The van der Waals surface area contributed by atoms with Gasteiger partial charge in [0.1, 0.15) is 17.2 Å². The van der Waals surface area contributed by atoms with Crippen LogP contribution < -0.4 is 25.8 Å². The van der Waals surface area contributed by atoms with Crippen molar-refractivity contribution in [2.24, 2.45) is 0 Å². The molecule has 1 atom stereocenters. The standard InChI is InChI=1S/C22H25N7O2/c1-5-21(2,3)27-19(30)15-9-10-16-18(25-15)29(22(23-4)11-13-28(16)14-22)20(31)26-17-8-6-7-12-24-17/h1,6-10,12,23H,11,13-14H2,2-4H3,(H,27,30)(H,24,26,31)/t22-/m0/s1. The van der Waals surface area contributed by atoms with Crippen LogP contribution in [0, 0.1) is 12.3 Å². The summed E-state index contributed by atoms with van der Waals surface area (Å²) in [7, 11) is 1.82. The summed E-state index contributed by atoms with van der Waals surface area (Å²) >= 11 is 0. The van der Waals surface area contributed by atoms with Gasteiger partial charge >= 0.3 is 6.03 Å². The first-order valence-corrected chi connectivity index (χ1v) is 10.1. The van der Waals surface area contributed by atoms with Gasteiger partial charge in [-0.3, -0.25) is 20.3 Å². The third kappa shape index (κ3) is 3.66. The first kappa shape index (κ1) is 20.6. The van der Waals surface area contributed by atoms with Crippen LogP contribution in [0.4, 0.5) is 22.1 Å². The van der Waals surface area contributed by atoms with Crippen LogP contribution in [0.15, 0.2) is 36.5 Å². The fraction of sp³-hybridized carbons (Fsp3) is 0.364. The van der Waals surface area contributed by atoms with E-state index in [0.717, 1.165) is 12.2 Å². The molecule has 2 bridgehead atoms. The lowest BCUT2D eigenvalue weighted by atomic mass is 10.1. The number of hydrogen-bond acceptors (Lipinski definition) is 6. The molecule has 0 aromatic carbocycles. The number of nitrogens with zero attached hydrogens (tertiary/aromatic N) is 4. The Morgan fingerprint density at radius 2 is 2.06 bits per heavy atom. The maximum atomic E-state index is 13.4. The Morgan fingerprint density at radius 3 is 2.74 bits per heavy atom. The van der Waals surface area contributed by atoms with Crippen molar-refractivity contribution >= 4 is 29.3 Å². The molecule has 0 radical (unpaired) electrons. The van der Waals surface area contributed by atoms with Crippen LogP contribution in [0.3, 0.4) is 0 Å². The van der Waals surface area contributed by atoms with Gasteiger partial charge in [0.2, 0.25) is 0 Å². The molecule has 160 valence electrons. The van der Waals surface area contributed by atoms with Crippen LogP contribution in [-0.2, 0) is 0 Å². The number of nitrogens with one attached hydrogen (secondary N) is 3. The Hall–Kier alpha value is -3.64. The molecule has 3 N–H and O–H groups in total. The Balaban J connectivity index is 1.74. The van der Waals surface area contributed by atoms with Gasteiger partial charge in [-0.1, -0.05) is 12.0 Å². The number of hydrogen-bond donors (Lipinski definition) is 3. The first-order chi connectivity index (χ1) is 14.8. The molecule has 1 fully saturated rings. The van der Waals surface area contributed by atoms with E-state index >= 15 is 0 Å². The van der Waals surface area contributed by atoms with Crippen molar-refractivity contribution < 1.29 is 9.59 Å². The van der Waals surface area contributed by atoms with Crippen molar-refractivity contribution in [2.75, 3.05) is 35.3 Å². The molecule has 3 amide bonds. The number of urea groups is 1. The van der Waals surface area contributed by atoms with Crippen molar-refractivity contribution in [3.05, 3.63) is 42.2 Å². The summed E-state index contributed by atoms with van der Waals surface area (Å²) < 4.78 is 0. The van der Waals surface area contributed by atoms with Crippen molar-refractivity contribution in [3.8, 4) is 12.3 Å². The number of amides is 3. The lowest BCUT2D eigenvalue weighted by Gasteiger charge is -2.44. The molecule has 9 heteroatoms. The number of terminal acetylenes is 1. The highest BCUT2D eigenvalue weighted by Gasteiger charge is 2.51. The Kier molecular flexibility index (Phi) is 5.03. The summed E-state index contributed by atoms with van der Waals surface area (Å²) in [5, 5.41) is 8.92. The molecule has 31 heavy (non-hydrogen) atoms. The molecule has 0 saturated carbocycles. The molecule has 4 rings (SSSR count). The van der Waals surface area contributed by atoms with Gasteiger partial charge in [0, 0.05) is 19.2 Å². The summed E-state index contributed by atoms with van der Waals surface area (Å²) in [6.07, 6.45) is 7.81. The van der Waals surface area contributed by atoms with Gasteiger partial charge in [0.05, 0.1) is 17.8 Å². The quantitative estimate of drug-likeness (QED) is 0.653. The van der Waals surface area contributed by atoms with Crippen LogP contribution in [0.1, 0.15) is 30.8 Å². The lowest BCUT2D eigenvalue weighted by molar-refractivity contribution is 0.0924. The fourth-order valence-corrected chi connectivity index (χ4v) is 3.96. The maximum absolute atomic E-state index is 13.4. The van der Waals surface area contributed by atoms with Crippen molar-refractivity contribution in [2.45, 2.75) is 31.5 Å². The van der Waals surface area contributed by atoms with E-state index in [9.17, 15) is 9.59 Å². The van der Waals surface area contributed by atoms with Crippen LogP contribution in [0.25, 0.3) is 0 Å². The molecule has 2 aliphatic rings. The van der Waals surface area contributed by atoms with Crippen molar-refractivity contribution in [1.29, 1.82) is 0 Å². The number of rotatable bonds is 4. The Labute approximate surface area is 181 Å². The van der Waals surface area contributed by atoms with Gasteiger partial charge in [0.25, 0.3) is 5.91 Å². The topological polar surface area (TPSA) is 102 Å². The van der Waals surface area contributed by atoms with Crippen molar-refractivity contribution in [3.63, 3.8) is 0 Å². The lowest BCUT2D eigenvalue weighted by Crippen LogP contribution is -2.65. The minimum atomic E-state index is -0.820. The number of pyridine rings is 2. The predicted molar refractivity (Wildman–Crippen MR) is 119 cm³/mol. The summed E-state index contributed by atoms with van der Waals surface area (Å²) in [5.41, 5.74) is -0.482. The number of aromatic nitrogens is 2. The highest BCUT2D eigenvalue weighted by atomic mass is 16.2. The van der Waals surface area contributed by atoms with Gasteiger partial charge in [-0.05, 0) is 45.2 Å². The third-order valence-electron chi connectivity index (χ3n) is 5.67. The molecular formula is C22H25N7O2. The second-order valence-electron chi connectivity index (χ2n) is 8.20. The van der Waals surface area contributed by atoms with Crippen LogP contribution in [0.5, 0.6) is 0 Å². The van der Waals surface area contributed by atoms with Gasteiger partial charge in [-0.15, -0.1) is 6.42 Å². The summed E-state index contributed by atoms with van der Waals surface area (Å²) in [6.45, 7) is 4.84. The van der Waals surface area contributed by atoms with E-state index in [1.54, 1.807) is 49.2 Å². The Bertz CT molecular complexity index is 1060. The first-order valence-electron chi connectivity index (χ1n) is 10.1. The van der Waals surface area contributed by atoms with Gasteiger partial charge in [-0.25, -0.2) is 14.8 Å². The monoisotopic (exact) mass is 419 g/mol. The van der Waals surface area contributed by atoms with Crippen molar-refractivity contribution in [1.82, 2.24) is 20.6 Å². The SMILES string of the molecule is C#CC(C)(C)NC(=O)c1ccc2c(n1)N(C(=O)Nc1ccccn1)[C@@]1(NC)CCN2C1. The van der Waals surface area contributed by atoms with Gasteiger partial charge in [0.15, 0.2) is 5.82 Å². The molecule has 0 aliphatic carbocycles. The smallest absolute Gasteiger partial charge is 0.330 e. The second kappa shape index (κ2) is 7.56. The average Bonchev–Trinajstić information content (AvgIpc) is 3.14. The maximum Gasteiger partial charge on any atom is 0.330 e. The van der Waals surface area contributed by atoms with Crippen LogP contribution >= 0.6 is 0 Å². The van der Waals surface area contributed by atoms with Crippen LogP contribution in [-0.4, -0.2) is 53.2 Å². The average molecular weight is 419 g/mol. The second-order valence-corrected chi connectivity index (χ2v) is 8.20. The summed E-state index contributed by atoms with van der Waals surface area (Å²) in [4.78, 5) is 38.7. The largest absolute Gasteiger partial charge is 0.365 e. The third-order valence-corrected chi connectivity index (χ3v) is 5.67. The summed E-state index contributed by atoms with van der Waals surface area (Å²) in [6, 6.07) is 8.40. The van der Waals surface area contributed by atoms with E-state index in [1.807, 2.05) is 13.1 Å². The molecular weight excluding hydrogens is 394 g/mol. The summed E-state index contributed by atoms with van der Waals surface area (Å²) in [5.74, 6) is 2.99. The number of likely N-dealkylation sites (N-methyl/N-ethyl adjacent to an activating group) is 1. The molecule has 0 unspecified atom stereocenters. The highest BCUT2D eigenvalue weighted by molar-refractivity contribution is 6.05. The van der Waals surface area contributed by atoms with Gasteiger partial charge in [-0.2, -0.15) is 0 Å². The molecule has 2 aliphatic heterocycles. The highest BCUT2D eigenvalue weighted by Crippen LogP contribution is 2.43. The predicted octanol–water partition coefficient (Wildman–Crippen LogP) is 1.80. The molecule has 2 aromatic heterocycles.